The molecule has 6 aromatic rings. The van der Waals surface area contributed by atoms with Crippen molar-refractivity contribution < 1.29 is 77.9 Å². The maximum atomic E-state index is 10.5. The van der Waals surface area contributed by atoms with Crippen molar-refractivity contribution in [2.45, 2.75) is 6.18 Å². The zero-order valence-corrected chi connectivity index (χ0v) is 27.2. The smallest absolute Gasteiger partial charge is 0.430 e. The highest BCUT2D eigenvalue weighted by Crippen LogP contribution is 2.13. The van der Waals surface area contributed by atoms with Gasteiger partial charge in [-0.2, -0.15) is 13.2 Å². The van der Waals surface area contributed by atoms with Crippen LogP contribution >= 0.6 is 22.7 Å². The molecule has 0 saturated heterocycles. The molecule has 4 aromatic carbocycles. The largest absolute Gasteiger partial charge is 1.00 e. The van der Waals surface area contributed by atoms with Crippen LogP contribution in [0.25, 0.3) is 21.5 Å². The second kappa shape index (κ2) is 15.7. The fourth-order valence-electron chi connectivity index (χ4n) is 3.36. The van der Waals surface area contributed by atoms with Crippen molar-refractivity contribution in [3.63, 3.8) is 0 Å². The summed E-state index contributed by atoms with van der Waals surface area (Å²) < 4.78 is 37.7. The highest BCUT2D eigenvalue weighted by atomic mass is 127. The average Bonchev–Trinajstić information content (AvgIpc) is 3.64. The minimum atomic E-state index is -5.19. The molecule has 0 amide bonds. The first-order valence-corrected chi connectivity index (χ1v) is 17.5. The predicted molar refractivity (Wildman–Crippen MR) is 142 cm³/mol. The molecule has 0 saturated carbocycles. The fourth-order valence-corrected chi connectivity index (χ4v) is 11.4. The van der Waals surface area contributed by atoms with Gasteiger partial charge in [-0.25, -0.2) is 0 Å². The summed E-state index contributed by atoms with van der Waals surface area (Å²) in [6.07, 6.45) is -5.19. The number of carboxylic acids is 1. The monoisotopic (exact) mass is 822 g/mol. The van der Waals surface area contributed by atoms with E-state index in [9.17, 15) is 13.2 Å². The lowest BCUT2D eigenvalue weighted by Gasteiger charge is -2.03. The van der Waals surface area contributed by atoms with Crippen LogP contribution in [-0.4, -0.2) is 12.1 Å². The first kappa shape index (κ1) is 32.3. The van der Waals surface area contributed by atoms with E-state index < -0.39 is 12.1 Å². The van der Waals surface area contributed by atoms with E-state index in [1.54, 1.807) is 0 Å². The standard InChI is InChI=1S/2C14H10IS.C2HF3O2.ClH/c2*1-2-7-12-11(5-1)6-3-8-13(12)15-14-9-4-10-16-14;3-2(4,5)1(6)7;/h2*1-10H;(H,6,7);1H/q2*+1;;/p-2. The van der Waals surface area contributed by atoms with Gasteiger partial charge in [-0.15, -0.1) is 0 Å². The number of carbonyl (C=O) groups is 1. The van der Waals surface area contributed by atoms with Gasteiger partial charge in [-0.1, -0.05) is 83.3 Å². The Bertz CT molecular complexity index is 1520. The first-order valence-electron chi connectivity index (χ1n) is 11.4. The van der Waals surface area contributed by atoms with Gasteiger partial charge in [-0.3, -0.25) is 0 Å². The molecule has 0 fully saturated rings. The van der Waals surface area contributed by atoms with E-state index in [4.69, 9.17) is 9.90 Å². The van der Waals surface area contributed by atoms with Crippen molar-refractivity contribution in [1.29, 1.82) is 0 Å². The Hall–Kier alpha value is -2.19. The Morgan fingerprint density at radius 1 is 0.600 bits per heavy atom. The zero-order valence-electron chi connectivity index (χ0n) is 20.4. The normalized spacial score (nSPS) is 10.6. The van der Waals surface area contributed by atoms with Crippen LogP contribution in [0.4, 0.5) is 13.2 Å². The number of thiophene rings is 2. The summed E-state index contributed by atoms with van der Waals surface area (Å²) in [5.41, 5.74) is 0. The van der Waals surface area contributed by atoms with Crippen molar-refractivity contribution in [2.24, 2.45) is 0 Å². The number of alkyl halides is 3. The van der Waals surface area contributed by atoms with Crippen molar-refractivity contribution in [2.75, 3.05) is 0 Å². The Balaban J connectivity index is 0.000000177. The quantitative estimate of drug-likeness (QED) is 0.201. The summed E-state index contributed by atoms with van der Waals surface area (Å²) in [5.74, 6) is -3.01. The molecule has 206 valence electrons. The molecule has 0 spiro atoms. The number of carbonyl (C=O) groups excluding carboxylic acids is 1. The highest BCUT2D eigenvalue weighted by Gasteiger charge is 2.28. The van der Waals surface area contributed by atoms with E-state index in [2.05, 4.69) is 120 Å². The Morgan fingerprint density at radius 2 is 0.975 bits per heavy atom. The maximum Gasteiger partial charge on any atom is 0.430 e. The summed E-state index contributed by atoms with van der Waals surface area (Å²) in [4.78, 5) is 8.78. The average molecular weight is 823 g/mol. The molecule has 40 heavy (non-hydrogen) atoms. The molecule has 10 heteroatoms. The van der Waals surface area contributed by atoms with Crippen molar-refractivity contribution >= 4 is 50.2 Å². The molecule has 2 aromatic heterocycles. The van der Waals surface area contributed by atoms with Gasteiger partial charge in [0.15, 0.2) is 0 Å². The summed E-state index contributed by atoms with van der Waals surface area (Å²) >= 11 is 3.72. The molecular weight excluding hydrogens is 803 g/mol. The number of fused-ring (bicyclic) bond motifs is 2. The second-order valence-electron chi connectivity index (χ2n) is 7.73. The molecule has 0 radical (unpaired) electrons. The molecule has 0 N–H and O–H groups in total. The summed E-state index contributed by atoms with van der Waals surface area (Å²) in [5, 5.41) is 18.7. The molecule has 2 nitrogen and oxygen atoms in total. The molecular formula is C30H20ClF3I2O2S2. The third-order valence-corrected chi connectivity index (χ3v) is 13.8. The molecule has 0 bridgehead atoms. The summed E-state index contributed by atoms with van der Waals surface area (Å²) in [7, 11) is 0. The number of hydrogen-bond donors (Lipinski definition) is 0. The summed E-state index contributed by atoms with van der Waals surface area (Å²) in [6.45, 7) is 0. The van der Waals surface area contributed by atoms with Gasteiger partial charge in [0, 0.05) is 22.9 Å². The van der Waals surface area contributed by atoms with Crippen molar-refractivity contribution in [1.82, 2.24) is 0 Å². The number of hydrogen-bond acceptors (Lipinski definition) is 4. The minimum absolute atomic E-state index is 0. The van der Waals surface area contributed by atoms with Gasteiger partial charge in [0.1, 0.15) is 5.97 Å². The van der Waals surface area contributed by atoms with Gasteiger partial charge in [-0.05, 0) is 57.9 Å². The van der Waals surface area contributed by atoms with E-state index in [-0.39, 0.29) is 54.8 Å². The van der Waals surface area contributed by atoms with E-state index in [0.29, 0.717) is 0 Å². The molecule has 0 aliphatic heterocycles. The number of halogens is 6. The van der Waals surface area contributed by atoms with E-state index in [1.165, 1.54) is 34.5 Å². The van der Waals surface area contributed by atoms with E-state index in [1.807, 2.05) is 22.7 Å². The van der Waals surface area contributed by atoms with Crippen LogP contribution in [0.1, 0.15) is 0 Å². The third kappa shape index (κ3) is 9.44. The molecule has 2 heterocycles. The lowest BCUT2D eigenvalue weighted by molar-refractivity contribution is -0.589. The number of carboxylic acid groups (broad SMARTS) is 1. The lowest BCUT2D eigenvalue weighted by atomic mass is 10.1. The topological polar surface area (TPSA) is 40.1 Å². The van der Waals surface area contributed by atoms with Gasteiger partial charge >= 0.3 is 48.6 Å². The second-order valence-corrected chi connectivity index (χ2v) is 16.8. The molecule has 0 aliphatic carbocycles. The van der Waals surface area contributed by atoms with E-state index in [0.717, 1.165) is 0 Å². The Morgan fingerprint density at radius 3 is 1.32 bits per heavy atom. The van der Waals surface area contributed by atoms with Gasteiger partial charge in [0.25, 0.3) is 0 Å². The van der Waals surface area contributed by atoms with Gasteiger partial charge in [0.05, 0.1) is 0 Å². The number of aliphatic carboxylic acids is 1. The van der Waals surface area contributed by atoms with Crippen LogP contribution < -0.4 is 59.9 Å². The molecule has 0 aliphatic rings. The van der Waals surface area contributed by atoms with Crippen LogP contribution in [0.15, 0.2) is 120 Å². The molecule has 0 atom stereocenters. The van der Waals surface area contributed by atoms with Crippen LogP contribution in [0.3, 0.4) is 0 Å². The van der Waals surface area contributed by atoms with Gasteiger partial charge < -0.3 is 22.3 Å². The van der Waals surface area contributed by atoms with E-state index >= 15 is 0 Å². The van der Waals surface area contributed by atoms with Gasteiger partial charge in [0.2, 0.25) is 12.9 Å². The third-order valence-electron chi connectivity index (χ3n) is 5.07. The lowest BCUT2D eigenvalue weighted by Crippen LogP contribution is -3.61. The number of benzene rings is 4. The summed E-state index contributed by atoms with van der Waals surface area (Å²) in [6, 6.07) is 39.4. The predicted octanol–water partition coefficient (Wildman–Crippen LogP) is -1.64. The van der Waals surface area contributed by atoms with Crippen LogP contribution in [0.2, 0.25) is 0 Å². The minimum Gasteiger partial charge on any atom is -1.00 e. The Labute approximate surface area is 264 Å². The SMILES string of the molecule is O=C([O-])C(F)(F)F.[Cl-].c1csc([I+]c2cccc3ccccc23)c1.c1csc([I+]c2cccc3ccccc23)c1. The maximum absolute atomic E-state index is 10.5. The molecule has 6 rings (SSSR count). The van der Waals surface area contributed by atoms with Crippen LogP contribution in [-0.2, 0) is 4.79 Å². The Kier molecular flexibility index (Phi) is 12.7. The van der Waals surface area contributed by atoms with Crippen molar-refractivity contribution in [3.8, 4) is 0 Å². The molecule has 0 unspecified atom stereocenters. The fraction of sp³-hybridized carbons (Fsp3) is 0.0333. The van der Waals surface area contributed by atoms with Crippen LogP contribution in [0.5, 0.6) is 0 Å². The van der Waals surface area contributed by atoms with Crippen molar-refractivity contribution in [3.05, 3.63) is 133 Å². The zero-order chi connectivity index (χ0) is 27.7. The first-order chi connectivity index (χ1) is 18.8. The highest BCUT2D eigenvalue weighted by molar-refractivity contribution is 7.07. The number of rotatable bonds is 4. The van der Waals surface area contributed by atoms with Crippen LogP contribution in [0, 0.1) is 12.9 Å².